The molecule has 0 radical (unpaired) electrons. The van der Waals surface area contributed by atoms with E-state index in [1.165, 1.54) is 5.69 Å². The summed E-state index contributed by atoms with van der Waals surface area (Å²) in [5.74, 6) is 0.678. The molecule has 6 nitrogen and oxygen atoms in total. The molecule has 3 rings (SSSR count). The van der Waals surface area contributed by atoms with Gasteiger partial charge in [0, 0.05) is 44.5 Å². The Kier molecular flexibility index (Phi) is 6.58. The number of ether oxygens (including phenoxy) is 1. The predicted octanol–water partition coefficient (Wildman–Crippen LogP) is 2.65. The number of anilines is 2. The SMILES string of the molecule is CS(=O)(=O)Nc1cccc(OCCCN2CCN(c3ccccc3)CC2)c1. The fourth-order valence-corrected chi connectivity index (χ4v) is 3.77. The van der Waals surface area contributed by atoms with Crippen molar-refractivity contribution in [2.24, 2.45) is 0 Å². The minimum absolute atomic E-state index is 0.520. The molecular weight excluding hydrogens is 362 g/mol. The van der Waals surface area contributed by atoms with Gasteiger partial charge in [-0.2, -0.15) is 0 Å². The Morgan fingerprint density at radius 3 is 2.44 bits per heavy atom. The summed E-state index contributed by atoms with van der Waals surface area (Å²) in [7, 11) is -3.27. The van der Waals surface area contributed by atoms with E-state index in [1.807, 2.05) is 12.1 Å². The van der Waals surface area contributed by atoms with Gasteiger partial charge in [-0.1, -0.05) is 24.3 Å². The molecule has 0 amide bonds. The highest BCUT2D eigenvalue weighted by molar-refractivity contribution is 7.92. The van der Waals surface area contributed by atoms with E-state index in [9.17, 15) is 8.42 Å². The average molecular weight is 390 g/mol. The highest BCUT2D eigenvalue weighted by atomic mass is 32.2. The lowest BCUT2D eigenvalue weighted by atomic mass is 10.2. The van der Waals surface area contributed by atoms with Gasteiger partial charge in [0.1, 0.15) is 5.75 Å². The third kappa shape index (κ3) is 6.45. The standard InChI is InChI=1S/C20H27N3O3S/c1-27(24,25)21-18-7-5-10-20(17-18)26-16-6-11-22-12-14-23(15-13-22)19-8-3-2-4-9-19/h2-5,7-10,17,21H,6,11-16H2,1H3. The van der Waals surface area contributed by atoms with Crippen molar-refractivity contribution >= 4 is 21.4 Å². The Balaban J connectivity index is 1.37. The number of hydrogen-bond donors (Lipinski definition) is 1. The van der Waals surface area contributed by atoms with Crippen molar-refractivity contribution in [3.8, 4) is 5.75 Å². The lowest BCUT2D eigenvalue weighted by Crippen LogP contribution is -2.46. The third-order valence-corrected chi connectivity index (χ3v) is 5.12. The molecule has 1 aliphatic rings. The van der Waals surface area contributed by atoms with Crippen LogP contribution in [0.4, 0.5) is 11.4 Å². The van der Waals surface area contributed by atoms with E-state index in [0.717, 1.165) is 45.4 Å². The number of benzene rings is 2. The monoisotopic (exact) mass is 389 g/mol. The maximum atomic E-state index is 11.3. The number of sulfonamides is 1. The molecule has 2 aromatic rings. The molecule has 0 spiro atoms. The first kappa shape index (κ1) is 19.5. The Bertz CT molecular complexity index is 819. The summed E-state index contributed by atoms with van der Waals surface area (Å²) in [6.45, 7) is 5.82. The molecule has 0 aliphatic carbocycles. The van der Waals surface area contributed by atoms with Crippen LogP contribution < -0.4 is 14.4 Å². The van der Waals surface area contributed by atoms with Crippen molar-refractivity contribution in [3.05, 3.63) is 54.6 Å². The molecule has 1 fully saturated rings. The Morgan fingerprint density at radius 1 is 1.00 bits per heavy atom. The van der Waals surface area contributed by atoms with Crippen molar-refractivity contribution in [1.82, 2.24) is 4.90 Å². The van der Waals surface area contributed by atoms with E-state index in [0.29, 0.717) is 18.0 Å². The summed E-state index contributed by atoms with van der Waals surface area (Å²) in [5.41, 5.74) is 1.81. The van der Waals surface area contributed by atoms with Crippen molar-refractivity contribution in [2.75, 3.05) is 55.2 Å². The van der Waals surface area contributed by atoms with Gasteiger partial charge in [0.2, 0.25) is 10.0 Å². The molecule has 0 saturated carbocycles. The van der Waals surface area contributed by atoms with Gasteiger partial charge in [-0.05, 0) is 30.7 Å². The van der Waals surface area contributed by atoms with Crippen LogP contribution in [0.15, 0.2) is 54.6 Å². The Hall–Kier alpha value is -2.25. The van der Waals surface area contributed by atoms with E-state index < -0.39 is 10.0 Å². The molecule has 1 N–H and O–H groups in total. The second kappa shape index (κ2) is 9.10. The minimum atomic E-state index is -3.27. The zero-order chi connectivity index (χ0) is 19.1. The van der Waals surface area contributed by atoms with E-state index >= 15 is 0 Å². The summed E-state index contributed by atoms with van der Waals surface area (Å²) in [5, 5.41) is 0. The van der Waals surface area contributed by atoms with Crippen LogP contribution in [0.5, 0.6) is 5.75 Å². The lowest BCUT2D eigenvalue weighted by Gasteiger charge is -2.36. The van der Waals surface area contributed by atoms with Crippen LogP contribution in [0.25, 0.3) is 0 Å². The highest BCUT2D eigenvalue weighted by Gasteiger charge is 2.16. The molecule has 0 atom stereocenters. The minimum Gasteiger partial charge on any atom is -0.493 e. The van der Waals surface area contributed by atoms with Crippen molar-refractivity contribution in [2.45, 2.75) is 6.42 Å². The first-order valence-electron chi connectivity index (χ1n) is 9.23. The fraction of sp³-hybridized carbons (Fsp3) is 0.400. The van der Waals surface area contributed by atoms with E-state index in [-0.39, 0.29) is 0 Å². The highest BCUT2D eigenvalue weighted by Crippen LogP contribution is 2.19. The van der Waals surface area contributed by atoms with Crippen LogP contribution >= 0.6 is 0 Å². The number of para-hydroxylation sites is 1. The number of rotatable bonds is 8. The van der Waals surface area contributed by atoms with Gasteiger partial charge in [0.05, 0.1) is 18.6 Å². The molecule has 1 heterocycles. The molecule has 7 heteroatoms. The van der Waals surface area contributed by atoms with Crippen molar-refractivity contribution < 1.29 is 13.2 Å². The van der Waals surface area contributed by atoms with Gasteiger partial charge in [-0.15, -0.1) is 0 Å². The third-order valence-electron chi connectivity index (χ3n) is 4.52. The van der Waals surface area contributed by atoms with Gasteiger partial charge >= 0.3 is 0 Å². The first-order chi connectivity index (χ1) is 13.0. The van der Waals surface area contributed by atoms with E-state index in [4.69, 9.17) is 4.74 Å². The first-order valence-corrected chi connectivity index (χ1v) is 11.1. The second-order valence-corrected chi connectivity index (χ2v) is 8.52. The molecule has 0 bridgehead atoms. The number of piperazine rings is 1. The second-order valence-electron chi connectivity index (χ2n) is 6.77. The van der Waals surface area contributed by atoms with Gasteiger partial charge in [0.15, 0.2) is 0 Å². The average Bonchev–Trinajstić information content (AvgIpc) is 2.65. The lowest BCUT2D eigenvalue weighted by molar-refractivity contribution is 0.225. The summed E-state index contributed by atoms with van der Waals surface area (Å²) in [6, 6.07) is 17.6. The topological polar surface area (TPSA) is 61.9 Å². The molecule has 146 valence electrons. The van der Waals surface area contributed by atoms with Crippen LogP contribution in [0.1, 0.15) is 6.42 Å². The van der Waals surface area contributed by atoms with Crippen molar-refractivity contribution in [1.29, 1.82) is 0 Å². The summed E-state index contributed by atoms with van der Waals surface area (Å²) in [4.78, 5) is 4.89. The number of hydrogen-bond acceptors (Lipinski definition) is 5. The smallest absolute Gasteiger partial charge is 0.229 e. The van der Waals surface area contributed by atoms with Crippen LogP contribution in [0, 0.1) is 0 Å². The van der Waals surface area contributed by atoms with Gasteiger partial charge in [-0.25, -0.2) is 8.42 Å². The zero-order valence-corrected chi connectivity index (χ0v) is 16.5. The predicted molar refractivity (Wildman–Crippen MR) is 110 cm³/mol. The van der Waals surface area contributed by atoms with Crippen LogP contribution in [-0.4, -0.2) is 58.9 Å². The Morgan fingerprint density at radius 2 is 1.74 bits per heavy atom. The maximum Gasteiger partial charge on any atom is 0.229 e. The van der Waals surface area contributed by atoms with Crippen molar-refractivity contribution in [3.63, 3.8) is 0 Å². The summed E-state index contributed by atoms with van der Waals surface area (Å²) < 4.78 is 30.8. The van der Waals surface area contributed by atoms with Crippen LogP contribution in [0.3, 0.4) is 0 Å². The largest absolute Gasteiger partial charge is 0.493 e. The fourth-order valence-electron chi connectivity index (χ4n) is 3.21. The molecule has 2 aromatic carbocycles. The van der Waals surface area contributed by atoms with Gasteiger partial charge < -0.3 is 9.64 Å². The Labute approximate surface area is 161 Å². The molecular formula is C20H27N3O3S. The molecule has 1 saturated heterocycles. The maximum absolute atomic E-state index is 11.3. The molecule has 0 unspecified atom stereocenters. The quantitative estimate of drug-likeness (QED) is 0.704. The summed E-state index contributed by atoms with van der Waals surface area (Å²) in [6.07, 6.45) is 2.08. The zero-order valence-electron chi connectivity index (χ0n) is 15.7. The van der Waals surface area contributed by atoms with E-state index in [2.05, 4.69) is 38.8 Å². The van der Waals surface area contributed by atoms with Gasteiger partial charge in [-0.3, -0.25) is 9.62 Å². The molecule has 27 heavy (non-hydrogen) atoms. The molecule has 0 aromatic heterocycles. The number of nitrogens with zero attached hydrogens (tertiary/aromatic N) is 2. The van der Waals surface area contributed by atoms with E-state index in [1.54, 1.807) is 18.2 Å². The molecule has 1 aliphatic heterocycles. The summed E-state index contributed by atoms with van der Waals surface area (Å²) >= 11 is 0. The van der Waals surface area contributed by atoms with Crippen LogP contribution in [0.2, 0.25) is 0 Å². The van der Waals surface area contributed by atoms with Gasteiger partial charge in [0.25, 0.3) is 0 Å². The number of nitrogens with one attached hydrogen (secondary N) is 1. The van der Waals surface area contributed by atoms with Crippen LogP contribution in [-0.2, 0) is 10.0 Å². The normalized spacial score (nSPS) is 15.5.